The second-order valence-corrected chi connectivity index (χ2v) is 4.66. The van der Waals surface area contributed by atoms with E-state index in [0.29, 0.717) is 31.0 Å². The highest BCUT2D eigenvalue weighted by molar-refractivity contribution is 7.85. The molecule has 6 nitrogen and oxygen atoms in total. The molecule has 0 aromatic carbocycles. The first-order valence-corrected chi connectivity index (χ1v) is 5.79. The molecule has 0 saturated carbocycles. The van der Waals surface area contributed by atoms with Crippen molar-refractivity contribution in [3.05, 3.63) is 0 Å². The molecule has 80 valence electrons. The molecule has 0 spiro atoms. The number of nitrogens with zero attached hydrogens (tertiary/aromatic N) is 1. The summed E-state index contributed by atoms with van der Waals surface area (Å²) in [6, 6.07) is 0. The number of hydrazine groups is 1. The number of nitrogens with two attached hydrogens (primary N) is 1. The van der Waals surface area contributed by atoms with E-state index in [1.54, 1.807) is 5.43 Å². The summed E-state index contributed by atoms with van der Waals surface area (Å²) in [5.74, 6) is 4.40. The van der Waals surface area contributed by atoms with Crippen molar-refractivity contribution in [2.75, 3.05) is 24.6 Å². The van der Waals surface area contributed by atoms with Gasteiger partial charge in [0, 0.05) is 35.4 Å². The summed E-state index contributed by atoms with van der Waals surface area (Å²) >= 11 is 0. The molecule has 2 amide bonds. The lowest BCUT2D eigenvalue weighted by Gasteiger charge is -2.17. The van der Waals surface area contributed by atoms with Crippen LogP contribution in [0.2, 0.25) is 0 Å². The molecule has 1 aliphatic heterocycles. The number of nitrogens with one attached hydrogen (secondary N) is 1. The quantitative estimate of drug-likeness (QED) is 0.212. The molecule has 1 fully saturated rings. The number of rotatable bonds is 0. The summed E-state index contributed by atoms with van der Waals surface area (Å²) in [4.78, 5) is 23.6. The first kappa shape index (κ1) is 11.1. The predicted octanol–water partition coefficient (Wildman–Crippen LogP) is -2.04. The highest BCUT2D eigenvalue weighted by Gasteiger charge is 2.23. The van der Waals surface area contributed by atoms with Crippen molar-refractivity contribution >= 4 is 22.6 Å². The van der Waals surface area contributed by atoms with Crippen LogP contribution in [0.25, 0.3) is 0 Å². The Hall–Kier alpha value is -0.950. The van der Waals surface area contributed by atoms with E-state index in [4.69, 9.17) is 5.84 Å². The van der Waals surface area contributed by atoms with Crippen LogP contribution in [0.15, 0.2) is 0 Å². The Balaban J connectivity index is 2.55. The number of carbonyl (C=O) groups excluding carboxylic acids is 2. The second kappa shape index (κ2) is 5.06. The molecular formula is C7H13N3O3S. The predicted molar refractivity (Wildman–Crippen MR) is 51.4 cm³/mol. The van der Waals surface area contributed by atoms with Gasteiger partial charge in [0.1, 0.15) is 0 Å². The molecule has 1 heterocycles. The Morgan fingerprint density at radius 2 is 2.00 bits per heavy atom. The van der Waals surface area contributed by atoms with Gasteiger partial charge in [-0.1, -0.05) is 0 Å². The van der Waals surface area contributed by atoms with Crippen LogP contribution in [0.4, 0.5) is 0 Å². The van der Waals surface area contributed by atoms with Crippen LogP contribution in [0.3, 0.4) is 0 Å². The molecule has 1 unspecified atom stereocenters. The van der Waals surface area contributed by atoms with Gasteiger partial charge in [-0.15, -0.1) is 0 Å². The minimum Gasteiger partial charge on any atom is -0.333 e. The summed E-state index contributed by atoms with van der Waals surface area (Å²) < 4.78 is 11.1. The minimum atomic E-state index is -0.867. The van der Waals surface area contributed by atoms with E-state index < -0.39 is 22.6 Å². The Morgan fingerprint density at radius 3 is 2.64 bits per heavy atom. The Bertz CT molecular complexity index is 269. The van der Waals surface area contributed by atoms with Crippen LogP contribution in [-0.2, 0) is 20.4 Å². The van der Waals surface area contributed by atoms with Gasteiger partial charge in [0.25, 0.3) is 0 Å². The fourth-order valence-electron chi connectivity index (χ4n) is 1.25. The standard InChI is InChI=1S/C7H13N3O3S/c8-9-6(11)7(12)10-2-1-4-14(13)5-3-10/h1-5,8H2,(H,9,11). The zero-order valence-corrected chi connectivity index (χ0v) is 8.51. The highest BCUT2D eigenvalue weighted by atomic mass is 32.2. The maximum absolute atomic E-state index is 11.3. The van der Waals surface area contributed by atoms with E-state index in [1.807, 2.05) is 0 Å². The third-order valence-electron chi connectivity index (χ3n) is 2.00. The van der Waals surface area contributed by atoms with E-state index in [-0.39, 0.29) is 0 Å². The lowest BCUT2D eigenvalue weighted by Crippen LogP contribution is -2.46. The molecule has 1 saturated heterocycles. The normalized spacial score (nSPS) is 22.6. The zero-order valence-electron chi connectivity index (χ0n) is 7.69. The molecule has 1 atom stereocenters. The van der Waals surface area contributed by atoms with Crippen LogP contribution >= 0.6 is 0 Å². The number of hydrogen-bond donors (Lipinski definition) is 2. The van der Waals surface area contributed by atoms with Crippen molar-refractivity contribution in [1.82, 2.24) is 10.3 Å². The topological polar surface area (TPSA) is 92.5 Å². The molecule has 1 rings (SSSR count). The Labute approximate surface area is 84.2 Å². The van der Waals surface area contributed by atoms with E-state index in [2.05, 4.69) is 0 Å². The average Bonchev–Trinajstić information content (AvgIpc) is 2.40. The zero-order chi connectivity index (χ0) is 10.6. The molecular weight excluding hydrogens is 206 g/mol. The molecule has 0 radical (unpaired) electrons. The van der Waals surface area contributed by atoms with Gasteiger partial charge in [-0.05, 0) is 6.42 Å². The van der Waals surface area contributed by atoms with Gasteiger partial charge in [0.05, 0.1) is 0 Å². The first-order valence-electron chi connectivity index (χ1n) is 4.30. The number of hydrogen-bond acceptors (Lipinski definition) is 4. The van der Waals surface area contributed by atoms with Crippen LogP contribution in [0.5, 0.6) is 0 Å². The third kappa shape index (κ3) is 2.78. The molecule has 0 aromatic rings. The van der Waals surface area contributed by atoms with Crippen molar-refractivity contribution in [2.24, 2.45) is 5.84 Å². The van der Waals surface area contributed by atoms with Crippen LogP contribution < -0.4 is 11.3 Å². The van der Waals surface area contributed by atoms with Crippen molar-refractivity contribution < 1.29 is 13.8 Å². The monoisotopic (exact) mass is 219 g/mol. The summed E-state index contributed by atoms with van der Waals surface area (Å²) in [6.07, 6.45) is 0.663. The highest BCUT2D eigenvalue weighted by Crippen LogP contribution is 2.01. The molecule has 1 aliphatic rings. The van der Waals surface area contributed by atoms with E-state index in [1.165, 1.54) is 4.90 Å². The summed E-state index contributed by atoms with van der Waals surface area (Å²) in [5.41, 5.74) is 1.79. The van der Waals surface area contributed by atoms with Crippen LogP contribution in [-0.4, -0.2) is 45.5 Å². The van der Waals surface area contributed by atoms with Crippen molar-refractivity contribution in [2.45, 2.75) is 6.42 Å². The van der Waals surface area contributed by atoms with Gasteiger partial charge in [0.15, 0.2) is 0 Å². The fourth-order valence-corrected chi connectivity index (χ4v) is 2.33. The van der Waals surface area contributed by atoms with Crippen molar-refractivity contribution in [3.63, 3.8) is 0 Å². The van der Waals surface area contributed by atoms with Gasteiger partial charge in [-0.2, -0.15) is 0 Å². The summed E-state index contributed by atoms with van der Waals surface area (Å²) in [5, 5.41) is 0. The molecule has 3 N–H and O–H groups in total. The summed E-state index contributed by atoms with van der Waals surface area (Å²) in [6.45, 7) is 0.830. The van der Waals surface area contributed by atoms with Crippen molar-refractivity contribution in [1.29, 1.82) is 0 Å². The van der Waals surface area contributed by atoms with E-state index in [9.17, 15) is 13.8 Å². The van der Waals surface area contributed by atoms with Gasteiger partial charge < -0.3 is 4.90 Å². The van der Waals surface area contributed by atoms with Crippen molar-refractivity contribution in [3.8, 4) is 0 Å². The lowest BCUT2D eigenvalue weighted by atomic mass is 10.4. The molecule has 0 aromatic heterocycles. The number of amides is 2. The van der Waals surface area contributed by atoms with Gasteiger partial charge in [-0.3, -0.25) is 19.2 Å². The molecule has 14 heavy (non-hydrogen) atoms. The minimum absolute atomic E-state index is 0.360. The van der Waals surface area contributed by atoms with Gasteiger partial charge in [-0.25, -0.2) is 5.84 Å². The second-order valence-electron chi connectivity index (χ2n) is 2.97. The third-order valence-corrected chi connectivity index (χ3v) is 3.38. The summed E-state index contributed by atoms with van der Waals surface area (Å²) in [7, 11) is -0.867. The average molecular weight is 219 g/mol. The fraction of sp³-hybridized carbons (Fsp3) is 0.714. The molecule has 7 heteroatoms. The first-order chi connectivity index (χ1) is 6.65. The Morgan fingerprint density at radius 1 is 1.29 bits per heavy atom. The van der Waals surface area contributed by atoms with E-state index in [0.717, 1.165) is 0 Å². The van der Waals surface area contributed by atoms with Gasteiger partial charge >= 0.3 is 11.8 Å². The Kier molecular flexibility index (Phi) is 4.02. The number of carbonyl (C=O) groups is 2. The van der Waals surface area contributed by atoms with Gasteiger partial charge in [0.2, 0.25) is 0 Å². The largest absolute Gasteiger partial charge is 0.333 e. The van der Waals surface area contributed by atoms with Crippen LogP contribution in [0, 0.1) is 0 Å². The maximum Gasteiger partial charge on any atom is 0.323 e. The maximum atomic E-state index is 11.3. The SMILES string of the molecule is NNC(=O)C(=O)N1CCCS(=O)CC1. The van der Waals surface area contributed by atoms with E-state index >= 15 is 0 Å². The van der Waals surface area contributed by atoms with Crippen LogP contribution in [0.1, 0.15) is 6.42 Å². The smallest absolute Gasteiger partial charge is 0.323 e. The molecule has 0 bridgehead atoms. The molecule has 0 aliphatic carbocycles. The lowest BCUT2D eigenvalue weighted by molar-refractivity contribution is -0.145.